The van der Waals surface area contributed by atoms with Gasteiger partial charge in [-0.1, -0.05) is 25.1 Å². The van der Waals surface area contributed by atoms with Crippen molar-refractivity contribution in [1.82, 2.24) is 9.80 Å². The van der Waals surface area contributed by atoms with E-state index in [1.54, 1.807) is 14.0 Å². The van der Waals surface area contributed by atoms with Crippen LogP contribution < -0.4 is 9.46 Å². The van der Waals surface area contributed by atoms with Gasteiger partial charge in [0.1, 0.15) is 11.9 Å². The van der Waals surface area contributed by atoms with Gasteiger partial charge < -0.3 is 14.7 Å². The lowest BCUT2D eigenvalue weighted by Gasteiger charge is -2.38. The highest BCUT2D eigenvalue weighted by Gasteiger charge is 2.35. The summed E-state index contributed by atoms with van der Waals surface area (Å²) in [7, 11) is -2.42. The van der Waals surface area contributed by atoms with Crippen molar-refractivity contribution in [2.24, 2.45) is 5.92 Å². The zero-order valence-corrected chi connectivity index (χ0v) is 24.6. The lowest BCUT2D eigenvalue weighted by atomic mass is 9.99. The summed E-state index contributed by atoms with van der Waals surface area (Å²) in [6.07, 6.45) is -5.04. The fourth-order valence-corrected chi connectivity index (χ4v) is 5.90. The third-order valence-electron chi connectivity index (χ3n) is 7.28. The summed E-state index contributed by atoms with van der Waals surface area (Å²) in [6, 6.07) is 13.0. The minimum absolute atomic E-state index is 0.00345. The van der Waals surface area contributed by atoms with Crippen molar-refractivity contribution in [2.45, 2.75) is 43.6 Å². The molecule has 1 amide bonds. The number of nitrogens with one attached hydrogen (secondary N) is 1. The summed E-state index contributed by atoms with van der Waals surface area (Å²) in [6.45, 7) is 4.05. The Balaban J connectivity index is 1.66. The Morgan fingerprint density at radius 3 is 2.35 bits per heavy atom. The fourth-order valence-electron chi connectivity index (χ4n) is 4.84. The van der Waals surface area contributed by atoms with Gasteiger partial charge in [0.25, 0.3) is 15.9 Å². The van der Waals surface area contributed by atoms with Gasteiger partial charge >= 0.3 is 6.18 Å². The minimum atomic E-state index is -4.44. The number of amides is 1. The number of para-hydroxylation sites is 1. The maximum Gasteiger partial charge on any atom is 0.416 e. The first-order chi connectivity index (χ1) is 20.2. The van der Waals surface area contributed by atoms with E-state index in [2.05, 4.69) is 4.72 Å². The van der Waals surface area contributed by atoms with Crippen LogP contribution in [0.5, 0.6) is 5.75 Å². The lowest BCUT2D eigenvalue weighted by Crippen LogP contribution is -2.49. The first-order valence-electron chi connectivity index (χ1n) is 13.5. The Morgan fingerprint density at radius 2 is 1.74 bits per heavy atom. The van der Waals surface area contributed by atoms with Crippen molar-refractivity contribution in [2.75, 3.05) is 31.5 Å². The number of rotatable bonds is 9. The van der Waals surface area contributed by atoms with Gasteiger partial charge in [0.2, 0.25) is 0 Å². The van der Waals surface area contributed by atoms with Crippen LogP contribution in [0.2, 0.25) is 0 Å². The Labute approximate surface area is 247 Å². The van der Waals surface area contributed by atoms with Gasteiger partial charge in [0.05, 0.1) is 34.4 Å². The number of ether oxygens (including phenoxy) is 1. The smallest absolute Gasteiger partial charge is 0.416 e. The van der Waals surface area contributed by atoms with Crippen LogP contribution in [0, 0.1) is 11.7 Å². The SMILES string of the molecule is C[C@H]1CN([C@@H](C)CO)C(=O)c2cccc(NS(=O)(=O)c3ccc(F)cc3)c2O[C@@H]1CN(C)Cc1ccc(C(F)(F)F)cc1. The van der Waals surface area contributed by atoms with Gasteiger partial charge in [-0.25, -0.2) is 12.8 Å². The highest BCUT2D eigenvalue weighted by atomic mass is 32.2. The number of anilines is 1. The number of aliphatic hydroxyl groups is 1. The molecule has 0 spiro atoms. The van der Waals surface area contributed by atoms with Crippen LogP contribution in [0.1, 0.15) is 35.3 Å². The van der Waals surface area contributed by atoms with Crippen molar-refractivity contribution in [3.8, 4) is 5.75 Å². The van der Waals surface area contributed by atoms with Crippen LogP contribution in [0.4, 0.5) is 23.2 Å². The molecule has 0 bridgehead atoms. The normalized spacial score (nSPS) is 18.4. The van der Waals surface area contributed by atoms with Gasteiger partial charge in [0.15, 0.2) is 5.75 Å². The van der Waals surface area contributed by atoms with Gasteiger partial charge in [0, 0.05) is 25.6 Å². The number of hydrogen-bond donors (Lipinski definition) is 2. The molecule has 2 N–H and O–H groups in total. The highest BCUT2D eigenvalue weighted by molar-refractivity contribution is 7.92. The first kappa shape index (κ1) is 32.2. The number of nitrogens with zero attached hydrogens (tertiary/aromatic N) is 2. The molecule has 1 aliphatic heterocycles. The van der Waals surface area contributed by atoms with Crippen molar-refractivity contribution in [1.29, 1.82) is 0 Å². The molecule has 0 aromatic heterocycles. The molecule has 0 radical (unpaired) electrons. The number of aliphatic hydroxyl groups excluding tert-OH is 1. The van der Waals surface area contributed by atoms with Crippen molar-refractivity contribution < 1.29 is 40.6 Å². The Hall–Kier alpha value is -3.68. The molecular formula is C30H33F4N3O5S. The zero-order chi connectivity index (χ0) is 31.5. The summed E-state index contributed by atoms with van der Waals surface area (Å²) < 4.78 is 87.6. The number of hydrogen-bond acceptors (Lipinski definition) is 6. The molecule has 3 aromatic rings. The van der Waals surface area contributed by atoms with E-state index < -0.39 is 45.6 Å². The molecule has 43 heavy (non-hydrogen) atoms. The number of halogens is 4. The van der Waals surface area contributed by atoms with Crippen LogP contribution in [0.3, 0.4) is 0 Å². The second-order valence-corrected chi connectivity index (χ2v) is 12.4. The standard InChI is InChI=1S/C30H33F4N3O5S/c1-19-15-37(20(2)18-38)29(39)25-5-4-6-26(35-43(40,41)24-13-11-23(31)12-14-24)28(25)42-27(19)17-36(3)16-21-7-9-22(10-8-21)30(32,33)34/h4-14,19-20,27,35,38H,15-18H2,1-3H3/t19-,20-,27+/m0/s1. The molecule has 1 aliphatic rings. The quantitative estimate of drug-likeness (QED) is 0.326. The van der Waals surface area contributed by atoms with Gasteiger partial charge in [-0.05, 0) is 68.1 Å². The second kappa shape index (κ2) is 12.9. The number of benzene rings is 3. The highest BCUT2D eigenvalue weighted by Crippen LogP contribution is 2.36. The summed E-state index contributed by atoms with van der Waals surface area (Å²) in [4.78, 5) is 16.8. The van der Waals surface area contributed by atoms with E-state index in [0.717, 1.165) is 36.4 Å². The second-order valence-electron chi connectivity index (χ2n) is 10.8. The van der Waals surface area contributed by atoms with Crippen LogP contribution >= 0.6 is 0 Å². The lowest BCUT2D eigenvalue weighted by molar-refractivity contribution is -0.137. The maximum atomic E-state index is 13.7. The van der Waals surface area contributed by atoms with Gasteiger partial charge in [-0.3, -0.25) is 14.4 Å². The largest absolute Gasteiger partial charge is 0.486 e. The van der Waals surface area contributed by atoms with E-state index in [9.17, 15) is 35.9 Å². The van der Waals surface area contributed by atoms with Crippen molar-refractivity contribution >= 4 is 21.6 Å². The minimum Gasteiger partial charge on any atom is -0.486 e. The molecule has 0 saturated heterocycles. The van der Waals surface area contributed by atoms with E-state index in [1.165, 1.54) is 35.2 Å². The molecule has 1 heterocycles. The molecule has 3 aromatic carbocycles. The average molecular weight is 624 g/mol. The van der Waals surface area contributed by atoms with E-state index in [1.807, 2.05) is 11.8 Å². The number of carbonyl (C=O) groups is 1. The molecular weight excluding hydrogens is 590 g/mol. The molecule has 3 atom stereocenters. The first-order valence-corrected chi connectivity index (χ1v) is 15.0. The van der Waals surface area contributed by atoms with E-state index in [0.29, 0.717) is 12.1 Å². The Kier molecular flexibility index (Phi) is 9.67. The average Bonchev–Trinajstić information content (AvgIpc) is 2.94. The number of alkyl halides is 3. The third-order valence-corrected chi connectivity index (χ3v) is 8.67. The van der Waals surface area contributed by atoms with Crippen molar-refractivity contribution in [3.05, 3.63) is 89.2 Å². The summed E-state index contributed by atoms with van der Waals surface area (Å²) >= 11 is 0. The van der Waals surface area contributed by atoms with Crippen LogP contribution in [0.15, 0.2) is 71.6 Å². The summed E-state index contributed by atoms with van der Waals surface area (Å²) in [5.74, 6) is -1.37. The van der Waals surface area contributed by atoms with Crippen LogP contribution in [0.25, 0.3) is 0 Å². The molecule has 13 heteroatoms. The number of fused-ring (bicyclic) bond motifs is 1. The number of sulfonamides is 1. The van der Waals surface area contributed by atoms with Gasteiger partial charge in [-0.2, -0.15) is 13.2 Å². The van der Waals surface area contributed by atoms with E-state index in [-0.39, 0.29) is 47.5 Å². The Morgan fingerprint density at radius 1 is 1.09 bits per heavy atom. The van der Waals surface area contributed by atoms with E-state index >= 15 is 0 Å². The van der Waals surface area contributed by atoms with Crippen LogP contribution in [-0.2, 0) is 22.7 Å². The predicted octanol–water partition coefficient (Wildman–Crippen LogP) is 5.00. The zero-order valence-electron chi connectivity index (χ0n) is 23.8. The molecule has 8 nitrogen and oxygen atoms in total. The molecule has 0 fully saturated rings. The van der Waals surface area contributed by atoms with Crippen molar-refractivity contribution in [3.63, 3.8) is 0 Å². The molecule has 4 rings (SSSR count). The van der Waals surface area contributed by atoms with E-state index in [4.69, 9.17) is 4.74 Å². The Bertz CT molecular complexity index is 1530. The topological polar surface area (TPSA) is 99.2 Å². The van der Waals surface area contributed by atoms with Crippen LogP contribution in [-0.4, -0.2) is 68.1 Å². The molecule has 0 unspecified atom stereocenters. The predicted molar refractivity (Wildman–Crippen MR) is 153 cm³/mol. The summed E-state index contributed by atoms with van der Waals surface area (Å²) in [5, 5.41) is 9.88. The molecule has 0 aliphatic carbocycles. The summed E-state index contributed by atoms with van der Waals surface area (Å²) in [5.41, 5.74) is -0.0168. The number of carbonyl (C=O) groups excluding carboxylic acids is 1. The van der Waals surface area contributed by atoms with Gasteiger partial charge in [-0.15, -0.1) is 0 Å². The molecule has 0 saturated carbocycles. The monoisotopic (exact) mass is 623 g/mol. The molecule has 232 valence electrons. The maximum absolute atomic E-state index is 13.7. The third kappa shape index (κ3) is 7.64. The number of likely N-dealkylation sites (N-methyl/N-ethyl adjacent to an activating group) is 1. The fraction of sp³-hybridized carbons (Fsp3) is 0.367.